The van der Waals surface area contributed by atoms with Gasteiger partial charge in [0.2, 0.25) is 5.28 Å². The van der Waals surface area contributed by atoms with Crippen LogP contribution in [0, 0.1) is 0 Å². The van der Waals surface area contributed by atoms with Gasteiger partial charge in [-0.05, 0) is 17.2 Å². The van der Waals surface area contributed by atoms with Crippen LogP contribution in [-0.4, -0.2) is 66.4 Å². The molecule has 3 N–H and O–H groups in total. The molecule has 10 nitrogen and oxygen atoms in total. The van der Waals surface area contributed by atoms with Gasteiger partial charge in [-0.2, -0.15) is 15.1 Å². The van der Waals surface area contributed by atoms with Crippen molar-refractivity contribution in [2.45, 2.75) is 31.4 Å². The predicted molar refractivity (Wildman–Crippen MR) is 107 cm³/mol. The largest absolute Gasteiger partial charge is 0.480 e. The normalized spacial score (nSPS) is 21.2. The predicted octanol–water partition coefficient (Wildman–Crippen LogP) is 1.21. The Bertz CT molecular complexity index is 1050. The first-order valence-electron chi connectivity index (χ1n) is 9.32. The molecule has 2 aromatic heterocycles. The summed E-state index contributed by atoms with van der Waals surface area (Å²) in [6.45, 7) is -0.245. The Balaban J connectivity index is 1.76. The summed E-state index contributed by atoms with van der Waals surface area (Å²) < 4.78 is 7.05. The molecule has 0 bridgehead atoms. The van der Waals surface area contributed by atoms with Crippen LogP contribution in [0.2, 0.25) is 5.28 Å². The van der Waals surface area contributed by atoms with Gasteiger partial charge in [-0.15, -0.1) is 0 Å². The van der Waals surface area contributed by atoms with Crippen LogP contribution in [0.25, 0.3) is 11.0 Å². The molecule has 0 radical (unpaired) electrons. The van der Waals surface area contributed by atoms with Crippen LogP contribution in [-0.2, 0) is 16.1 Å². The molecule has 30 heavy (non-hydrogen) atoms. The molecular weight excluding hydrogens is 414 g/mol. The van der Waals surface area contributed by atoms with Gasteiger partial charge < -0.3 is 25.0 Å². The highest BCUT2D eigenvalue weighted by Gasteiger charge is 2.37. The first-order chi connectivity index (χ1) is 14.5. The third-order valence-electron chi connectivity index (χ3n) is 4.86. The summed E-state index contributed by atoms with van der Waals surface area (Å²) in [4.78, 5) is 21.6. The standard InChI is InChI=1S/C19H20ClN5O5/c20-19-22-16(24(9-15(28)29)8-11-4-2-1-3-5-11)13-7-21-25(17(13)23-19)18-14(27)6-12(10-26)30-18/h1-5,7,12,14,18,26-27H,6,8-10H2,(H,28,29)/t12-,14+,18+/m0/s1. The van der Waals surface area contributed by atoms with Crippen molar-refractivity contribution in [3.8, 4) is 0 Å². The number of aliphatic hydroxyl groups is 2. The zero-order valence-corrected chi connectivity index (χ0v) is 16.6. The second kappa shape index (κ2) is 8.52. The summed E-state index contributed by atoms with van der Waals surface area (Å²) >= 11 is 6.15. The van der Waals surface area contributed by atoms with Crippen LogP contribution in [0.5, 0.6) is 0 Å². The number of carbonyl (C=O) groups is 1. The van der Waals surface area contributed by atoms with E-state index in [0.29, 0.717) is 16.9 Å². The van der Waals surface area contributed by atoms with E-state index in [-0.39, 0.29) is 31.4 Å². The van der Waals surface area contributed by atoms with Gasteiger partial charge in [0.15, 0.2) is 11.9 Å². The summed E-state index contributed by atoms with van der Waals surface area (Å²) in [7, 11) is 0. The number of benzene rings is 1. The second-order valence-electron chi connectivity index (χ2n) is 7.01. The lowest BCUT2D eigenvalue weighted by Gasteiger charge is -2.23. The first-order valence-corrected chi connectivity index (χ1v) is 9.70. The van der Waals surface area contributed by atoms with Crippen molar-refractivity contribution in [2.24, 2.45) is 0 Å². The molecule has 0 saturated carbocycles. The lowest BCUT2D eigenvalue weighted by atomic mass is 10.2. The maximum absolute atomic E-state index is 11.5. The highest BCUT2D eigenvalue weighted by molar-refractivity contribution is 6.28. The number of rotatable bonds is 7. The summed E-state index contributed by atoms with van der Waals surface area (Å²) in [5, 5.41) is 33.7. The van der Waals surface area contributed by atoms with Crippen molar-refractivity contribution in [3.05, 3.63) is 47.4 Å². The smallest absolute Gasteiger partial charge is 0.323 e. The van der Waals surface area contributed by atoms with Gasteiger partial charge in [-0.1, -0.05) is 30.3 Å². The third-order valence-corrected chi connectivity index (χ3v) is 5.03. The van der Waals surface area contributed by atoms with Crippen molar-refractivity contribution in [2.75, 3.05) is 18.1 Å². The monoisotopic (exact) mass is 433 g/mol. The summed E-state index contributed by atoms with van der Waals surface area (Å²) in [6.07, 6.45) is -0.499. The Labute approximate surface area is 176 Å². The first kappa shape index (κ1) is 20.5. The van der Waals surface area contributed by atoms with Crippen LogP contribution in [0.15, 0.2) is 36.5 Å². The molecule has 3 atom stereocenters. The molecule has 3 aromatic rings. The number of aliphatic carboxylic acids is 1. The number of fused-ring (bicyclic) bond motifs is 1. The number of aromatic nitrogens is 4. The van der Waals surface area contributed by atoms with E-state index in [4.69, 9.17) is 16.3 Å². The van der Waals surface area contributed by atoms with Crippen molar-refractivity contribution < 1.29 is 24.9 Å². The number of carboxylic acids is 1. The third kappa shape index (κ3) is 4.08. The van der Waals surface area contributed by atoms with Gasteiger partial charge in [0, 0.05) is 13.0 Å². The lowest BCUT2D eigenvalue weighted by molar-refractivity contribution is -0.135. The van der Waals surface area contributed by atoms with E-state index < -0.39 is 24.4 Å². The Morgan fingerprint density at radius 3 is 2.73 bits per heavy atom. The van der Waals surface area contributed by atoms with Gasteiger partial charge in [-0.3, -0.25) is 4.79 Å². The number of carboxylic acid groups (broad SMARTS) is 1. The van der Waals surface area contributed by atoms with Crippen LogP contribution in [0.1, 0.15) is 18.2 Å². The average molecular weight is 434 g/mol. The Morgan fingerprint density at radius 1 is 1.30 bits per heavy atom. The molecule has 0 amide bonds. The number of halogens is 1. The molecule has 0 aliphatic carbocycles. The maximum Gasteiger partial charge on any atom is 0.323 e. The number of hydrogen-bond acceptors (Lipinski definition) is 8. The quantitative estimate of drug-likeness (QED) is 0.470. The van der Waals surface area contributed by atoms with E-state index >= 15 is 0 Å². The molecule has 11 heteroatoms. The van der Waals surface area contributed by atoms with Gasteiger partial charge in [0.25, 0.3) is 0 Å². The summed E-state index contributed by atoms with van der Waals surface area (Å²) in [6, 6.07) is 9.38. The molecule has 1 fully saturated rings. The lowest BCUT2D eigenvalue weighted by Crippen LogP contribution is -2.30. The van der Waals surface area contributed by atoms with Gasteiger partial charge in [0.1, 0.15) is 18.5 Å². The maximum atomic E-state index is 11.5. The summed E-state index contributed by atoms with van der Waals surface area (Å²) in [5.41, 5.74) is 1.20. The molecule has 1 saturated heterocycles. The highest BCUT2D eigenvalue weighted by Crippen LogP contribution is 2.33. The van der Waals surface area contributed by atoms with Gasteiger partial charge in [-0.25, -0.2) is 4.68 Å². The van der Waals surface area contributed by atoms with Crippen LogP contribution in [0.4, 0.5) is 5.82 Å². The van der Waals surface area contributed by atoms with E-state index in [2.05, 4.69) is 15.1 Å². The zero-order chi connectivity index (χ0) is 21.3. The van der Waals surface area contributed by atoms with Crippen molar-refractivity contribution >= 4 is 34.4 Å². The topological polar surface area (TPSA) is 134 Å². The minimum Gasteiger partial charge on any atom is -0.480 e. The SMILES string of the molecule is O=C(O)CN(Cc1ccccc1)c1nc(Cl)nc2c1cnn2[C@@H]1O[C@H](CO)C[C@H]1O. The van der Waals surface area contributed by atoms with E-state index in [1.807, 2.05) is 30.3 Å². The minimum absolute atomic E-state index is 0.0890. The van der Waals surface area contributed by atoms with Crippen LogP contribution < -0.4 is 4.90 Å². The molecule has 3 heterocycles. The van der Waals surface area contributed by atoms with Crippen LogP contribution in [0.3, 0.4) is 0 Å². The fraction of sp³-hybridized carbons (Fsp3) is 0.368. The number of nitrogens with zero attached hydrogens (tertiary/aromatic N) is 5. The van der Waals surface area contributed by atoms with Gasteiger partial charge in [0.05, 0.1) is 24.3 Å². The highest BCUT2D eigenvalue weighted by atomic mass is 35.5. The molecule has 0 unspecified atom stereocenters. The molecule has 1 aliphatic heterocycles. The number of hydrogen-bond donors (Lipinski definition) is 3. The molecule has 4 rings (SSSR count). The Morgan fingerprint density at radius 2 is 2.07 bits per heavy atom. The van der Waals surface area contributed by atoms with Gasteiger partial charge >= 0.3 is 5.97 Å². The number of anilines is 1. The van der Waals surface area contributed by atoms with E-state index in [9.17, 15) is 20.1 Å². The van der Waals surface area contributed by atoms with E-state index in [1.165, 1.54) is 10.9 Å². The minimum atomic E-state index is -1.03. The molecule has 1 aliphatic rings. The van der Waals surface area contributed by atoms with Crippen LogP contribution >= 0.6 is 11.6 Å². The van der Waals surface area contributed by atoms with Crippen molar-refractivity contribution in [1.29, 1.82) is 0 Å². The molecule has 0 spiro atoms. The Kier molecular flexibility index (Phi) is 5.82. The van der Waals surface area contributed by atoms with E-state index in [0.717, 1.165) is 5.56 Å². The fourth-order valence-corrected chi connectivity index (χ4v) is 3.71. The zero-order valence-electron chi connectivity index (χ0n) is 15.8. The number of aliphatic hydroxyl groups excluding tert-OH is 2. The van der Waals surface area contributed by atoms with Crippen molar-refractivity contribution in [3.63, 3.8) is 0 Å². The molecule has 158 valence electrons. The van der Waals surface area contributed by atoms with Crippen molar-refractivity contribution in [1.82, 2.24) is 19.7 Å². The summed E-state index contributed by atoms with van der Waals surface area (Å²) in [5.74, 6) is -0.713. The molecule has 1 aromatic carbocycles. The molecular formula is C19H20ClN5O5. The average Bonchev–Trinajstić information content (AvgIpc) is 3.30. The Hall–Kier alpha value is -2.79. The second-order valence-corrected chi connectivity index (χ2v) is 7.35. The fourth-order valence-electron chi connectivity index (χ4n) is 3.55. The number of ether oxygens (including phenoxy) is 1. The van der Waals surface area contributed by atoms with E-state index in [1.54, 1.807) is 4.90 Å².